The fourth-order valence-electron chi connectivity index (χ4n) is 1.95. The molecule has 1 saturated heterocycles. The van der Waals surface area contributed by atoms with Crippen molar-refractivity contribution >= 4 is 5.91 Å². The number of halogens is 3. The quantitative estimate of drug-likeness (QED) is 0.835. The van der Waals surface area contributed by atoms with Crippen LogP contribution in [-0.4, -0.2) is 52.6 Å². The monoisotopic (exact) mass is 291 g/mol. The van der Waals surface area contributed by atoms with Crippen LogP contribution in [-0.2, 0) is 4.74 Å². The van der Waals surface area contributed by atoms with E-state index in [9.17, 15) is 18.0 Å². The Labute approximate surface area is 114 Å². The Morgan fingerprint density at radius 2 is 2.20 bits per heavy atom. The molecule has 1 aromatic rings. The molecule has 1 aromatic heterocycles. The normalized spacial score (nSPS) is 20.5. The van der Waals surface area contributed by atoms with E-state index in [2.05, 4.69) is 9.84 Å². The van der Waals surface area contributed by atoms with E-state index >= 15 is 0 Å². The van der Waals surface area contributed by atoms with Crippen molar-refractivity contribution in [3.8, 4) is 0 Å². The van der Waals surface area contributed by atoms with Crippen molar-refractivity contribution in [1.29, 1.82) is 0 Å². The van der Waals surface area contributed by atoms with Crippen LogP contribution in [0.15, 0.2) is 12.4 Å². The summed E-state index contributed by atoms with van der Waals surface area (Å²) in [5.41, 5.74) is 0.293. The van der Waals surface area contributed by atoms with Gasteiger partial charge in [0.1, 0.15) is 0 Å². The molecule has 0 radical (unpaired) electrons. The van der Waals surface area contributed by atoms with E-state index in [1.54, 1.807) is 10.9 Å². The Morgan fingerprint density at radius 3 is 2.75 bits per heavy atom. The topological polar surface area (TPSA) is 47.4 Å². The fourth-order valence-corrected chi connectivity index (χ4v) is 1.95. The van der Waals surface area contributed by atoms with Gasteiger partial charge in [0.25, 0.3) is 5.91 Å². The lowest BCUT2D eigenvalue weighted by atomic mass is 10.2. The summed E-state index contributed by atoms with van der Waals surface area (Å²) >= 11 is 0. The maximum Gasteiger partial charge on any atom is 0.416 e. The van der Waals surface area contributed by atoms with Gasteiger partial charge < -0.3 is 9.64 Å². The third-order valence-corrected chi connectivity index (χ3v) is 3.10. The fraction of sp³-hybridized carbons (Fsp3) is 0.667. The minimum absolute atomic E-state index is 0.0872. The molecular formula is C12H16F3N3O2. The summed E-state index contributed by atoms with van der Waals surface area (Å²) in [4.78, 5) is 13.3. The van der Waals surface area contributed by atoms with E-state index in [0.29, 0.717) is 5.56 Å². The van der Waals surface area contributed by atoms with Gasteiger partial charge in [-0.3, -0.25) is 9.48 Å². The molecule has 20 heavy (non-hydrogen) atoms. The number of nitrogens with zero attached hydrogens (tertiary/aromatic N) is 3. The van der Waals surface area contributed by atoms with Crippen molar-refractivity contribution in [1.82, 2.24) is 14.7 Å². The molecule has 1 aliphatic heterocycles. The van der Waals surface area contributed by atoms with Gasteiger partial charge in [-0.1, -0.05) is 0 Å². The van der Waals surface area contributed by atoms with Crippen LogP contribution in [0.5, 0.6) is 0 Å². The molecule has 0 saturated carbocycles. The van der Waals surface area contributed by atoms with Crippen LogP contribution in [0.4, 0.5) is 13.2 Å². The third kappa shape index (κ3) is 3.12. The number of carbonyl (C=O) groups is 1. The second-order valence-electron chi connectivity index (χ2n) is 4.95. The molecule has 0 aliphatic carbocycles. The number of hydrogen-bond acceptors (Lipinski definition) is 3. The molecule has 112 valence electrons. The standard InChI is InChI=1S/C12H16F3N3O2/c1-8(2)18-6-9(5-16-18)11(19)17-3-4-20-10(7-17)12(13,14)15/h5-6,8,10H,3-4,7H2,1-2H3. The summed E-state index contributed by atoms with van der Waals surface area (Å²) in [5.74, 6) is -0.450. The van der Waals surface area contributed by atoms with Gasteiger partial charge in [-0.05, 0) is 13.8 Å². The summed E-state index contributed by atoms with van der Waals surface area (Å²) in [7, 11) is 0. The van der Waals surface area contributed by atoms with Crippen LogP contribution in [0.25, 0.3) is 0 Å². The largest absolute Gasteiger partial charge is 0.416 e. The first kappa shape index (κ1) is 14.8. The second-order valence-corrected chi connectivity index (χ2v) is 4.95. The molecule has 0 aromatic carbocycles. The van der Waals surface area contributed by atoms with Gasteiger partial charge in [0, 0.05) is 18.8 Å². The van der Waals surface area contributed by atoms with Gasteiger partial charge in [-0.15, -0.1) is 0 Å². The molecule has 1 unspecified atom stereocenters. The highest BCUT2D eigenvalue weighted by Crippen LogP contribution is 2.26. The van der Waals surface area contributed by atoms with Gasteiger partial charge in [0.2, 0.25) is 0 Å². The van der Waals surface area contributed by atoms with Gasteiger partial charge in [0.05, 0.1) is 24.9 Å². The molecule has 2 heterocycles. The number of aromatic nitrogens is 2. The second kappa shape index (κ2) is 5.43. The Balaban J connectivity index is 2.08. The zero-order valence-corrected chi connectivity index (χ0v) is 11.2. The number of carbonyl (C=O) groups excluding carboxylic acids is 1. The highest BCUT2D eigenvalue weighted by atomic mass is 19.4. The van der Waals surface area contributed by atoms with E-state index in [0.717, 1.165) is 4.90 Å². The Hall–Kier alpha value is -1.57. The van der Waals surface area contributed by atoms with Crippen LogP contribution < -0.4 is 0 Å². The SMILES string of the molecule is CC(C)n1cc(C(=O)N2CCOC(C(F)(F)F)C2)cn1. The molecule has 0 N–H and O–H groups in total. The van der Waals surface area contributed by atoms with Crippen molar-refractivity contribution < 1.29 is 22.7 Å². The molecule has 1 fully saturated rings. The first-order valence-corrected chi connectivity index (χ1v) is 6.31. The number of alkyl halides is 3. The molecule has 2 rings (SSSR count). The van der Waals surface area contributed by atoms with Crippen LogP contribution in [0.2, 0.25) is 0 Å². The Kier molecular flexibility index (Phi) is 4.03. The van der Waals surface area contributed by atoms with E-state index in [4.69, 9.17) is 0 Å². The third-order valence-electron chi connectivity index (χ3n) is 3.10. The summed E-state index contributed by atoms with van der Waals surface area (Å²) in [6, 6.07) is 0.0872. The molecule has 0 bridgehead atoms. The van der Waals surface area contributed by atoms with Gasteiger partial charge >= 0.3 is 6.18 Å². The van der Waals surface area contributed by atoms with Crippen LogP contribution in [0.3, 0.4) is 0 Å². The van der Waals surface area contributed by atoms with Crippen molar-refractivity contribution in [2.75, 3.05) is 19.7 Å². The number of amides is 1. The Morgan fingerprint density at radius 1 is 1.50 bits per heavy atom. The van der Waals surface area contributed by atoms with E-state index in [1.165, 1.54) is 6.20 Å². The van der Waals surface area contributed by atoms with Crippen molar-refractivity contribution in [2.45, 2.75) is 32.2 Å². The molecule has 1 atom stereocenters. The molecule has 1 aliphatic rings. The average molecular weight is 291 g/mol. The van der Waals surface area contributed by atoms with Crippen LogP contribution in [0.1, 0.15) is 30.2 Å². The summed E-state index contributed by atoms with van der Waals surface area (Å²) in [6.45, 7) is 3.35. The molecule has 1 amide bonds. The summed E-state index contributed by atoms with van der Waals surface area (Å²) in [5, 5.41) is 4.02. The van der Waals surface area contributed by atoms with Gasteiger partial charge in [0.15, 0.2) is 6.10 Å². The number of ether oxygens (including phenoxy) is 1. The van der Waals surface area contributed by atoms with Gasteiger partial charge in [-0.2, -0.15) is 18.3 Å². The lowest BCUT2D eigenvalue weighted by Gasteiger charge is -2.33. The summed E-state index contributed by atoms with van der Waals surface area (Å²) in [6.07, 6.45) is -3.45. The van der Waals surface area contributed by atoms with Crippen molar-refractivity contribution in [3.05, 3.63) is 18.0 Å². The minimum Gasteiger partial charge on any atom is -0.365 e. The molecule has 0 spiro atoms. The maximum atomic E-state index is 12.6. The van der Waals surface area contributed by atoms with E-state index < -0.39 is 24.7 Å². The molecular weight excluding hydrogens is 275 g/mol. The maximum absolute atomic E-state index is 12.6. The predicted octanol–water partition coefficient (Wildman–Crippen LogP) is 1.87. The smallest absolute Gasteiger partial charge is 0.365 e. The number of hydrogen-bond donors (Lipinski definition) is 0. The lowest BCUT2D eigenvalue weighted by molar-refractivity contribution is -0.233. The summed E-state index contributed by atoms with van der Waals surface area (Å²) < 4.78 is 44.1. The lowest BCUT2D eigenvalue weighted by Crippen LogP contribution is -2.51. The zero-order valence-electron chi connectivity index (χ0n) is 11.2. The number of rotatable bonds is 2. The first-order valence-electron chi connectivity index (χ1n) is 6.31. The van der Waals surface area contributed by atoms with Crippen molar-refractivity contribution in [2.24, 2.45) is 0 Å². The van der Waals surface area contributed by atoms with E-state index in [1.807, 2.05) is 13.8 Å². The molecule has 5 nitrogen and oxygen atoms in total. The predicted molar refractivity (Wildman–Crippen MR) is 64.3 cm³/mol. The zero-order chi connectivity index (χ0) is 14.9. The number of morpholine rings is 1. The highest BCUT2D eigenvalue weighted by molar-refractivity contribution is 5.93. The van der Waals surface area contributed by atoms with Gasteiger partial charge in [-0.25, -0.2) is 0 Å². The highest BCUT2D eigenvalue weighted by Gasteiger charge is 2.44. The van der Waals surface area contributed by atoms with Crippen LogP contribution >= 0.6 is 0 Å². The van der Waals surface area contributed by atoms with E-state index in [-0.39, 0.29) is 19.2 Å². The average Bonchev–Trinajstić information content (AvgIpc) is 2.87. The Bertz CT molecular complexity index is 485. The van der Waals surface area contributed by atoms with Crippen LogP contribution in [0, 0.1) is 0 Å². The molecule has 8 heteroatoms. The minimum atomic E-state index is -4.46. The first-order chi connectivity index (χ1) is 9.29. The van der Waals surface area contributed by atoms with Crippen molar-refractivity contribution in [3.63, 3.8) is 0 Å².